The highest BCUT2D eigenvalue weighted by molar-refractivity contribution is 5.97. The van der Waals surface area contributed by atoms with E-state index in [0.717, 1.165) is 37.9 Å². The zero-order valence-electron chi connectivity index (χ0n) is 9.43. The molecule has 1 aromatic rings. The minimum atomic E-state index is -0.333. The van der Waals surface area contributed by atoms with Crippen LogP contribution >= 0.6 is 0 Å². The number of hydrogen-bond donors (Lipinski definition) is 1. The van der Waals surface area contributed by atoms with E-state index >= 15 is 0 Å². The SMILES string of the molecule is N[C@H]1CCCCCN(c2ccccc2)C1=O. The van der Waals surface area contributed by atoms with Gasteiger partial charge in [0.15, 0.2) is 0 Å². The summed E-state index contributed by atoms with van der Waals surface area (Å²) in [7, 11) is 0. The number of carbonyl (C=O) groups excluding carboxylic acids is 1. The molecule has 2 N–H and O–H groups in total. The number of para-hydroxylation sites is 1. The molecule has 1 heterocycles. The Bertz CT molecular complexity index is 350. The van der Waals surface area contributed by atoms with E-state index in [9.17, 15) is 4.79 Å². The Morgan fingerprint density at radius 2 is 1.88 bits per heavy atom. The molecule has 2 rings (SSSR count). The Kier molecular flexibility index (Phi) is 3.57. The molecule has 1 aliphatic heterocycles. The first kappa shape index (κ1) is 11.1. The molecule has 1 saturated heterocycles. The van der Waals surface area contributed by atoms with Gasteiger partial charge in [-0.05, 0) is 25.0 Å². The van der Waals surface area contributed by atoms with Gasteiger partial charge in [-0.15, -0.1) is 0 Å². The lowest BCUT2D eigenvalue weighted by atomic mass is 10.0. The van der Waals surface area contributed by atoms with Gasteiger partial charge in [0, 0.05) is 12.2 Å². The first-order valence-electron chi connectivity index (χ1n) is 5.91. The number of anilines is 1. The molecule has 1 aliphatic rings. The third-order valence-corrected chi connectivity index (χ3v) is 3.05. The molecule has 16 heavy (non-hydrogen) atoms. The van der Waals surface area contributed by atoms with Gasteiger partial charge in [-0.1, -0.05) is 31.0 Å². The number of nitrogens with zero attached hydrogens (tertiary/aromatic N) is 1. The first-order chi connectivity index (χ1) is 7.79. The number of benzene rings is 1. The van der Waals surface area contributed by atoms with Crippen LogP contribution in [0, 0.1) is 0 Å². The highest BCUT2D eigenvalue weighted by Crippen LogP contribution is 2.19. The van der Waals surface area contributed by atoms with Crippen LogP contribution in [0.2, 0.25) is 0 Å². The van der Waals surface area contributed by atoms with Gasteiger partial charge in [-0.2, -0.15) is 0 Å². The van der Waals surface area contributed by atoms with Crippen LogP contribution in [-0.4, -0.2) is 18.5 Å². The van der Waals surface area contributed by atoms with Crippen molar-refractivity contribution in [1.82, 2.24) is 0 Å². The summed E-state index contributed by atoms with van der Waals surface area (Å²) in [4.78, 5) is 13.9. The van der Waals surface area contributed by atoms with Crippen molar-refractivity contribution in [1.29, 1.82) is 0 Å². The van der Waals surface area contributed by atoms with E-state index in [-0.39, 0.29) is 11.9 Å². The molecular weight excluding hydrogens is 200 g/mol. The van der Waals surface area contributed by atoms with Crippen molar-refractivity contribution in [2.45, 2.75) is 31.7 Å². The average Bonchev–Trinajstić information content (AvgIpc) is 2.32. The van der Waals surface area contributed by atoms with E-state index < -0.39 is 0 Å². The molecule has 0 unspecified atom stereocenters. The number of rotatable bonds is 1. The van der Waals surface area contributed by atoms with Gasteiger partial charge in [0.1, 0.15) is 0 Å². The summed E-state index contributed by atoms with van der Waals surface area (Å²) in [6, 6.07) is 9.46. The summed E-state index contributed by atoms with van der Waals surface area (Å²) < 4.78 is 0. The summed E-state index contributed by atoms with van der Waals surface area (Å²) in [6.45, 7) is 0.788. The molecule has 0 bridgehead atoms. The third kappa shape index (κ3) is 2.42. The number of hydrogen-bond acceptors (Lipinski definition) is 2. The molecule has 3 nitrogen and oxygen atoms in total. The normalized spacial score (nSPS) is 22.7. The molecule has 1 aromatic carbocycles. The van der Waals surface area contributed by atoms with Crippen molar-refractivity contribution in [3.05, 3.63) is 30.3 Å². The molecule has 1 amide bonds. The van der Waals surface area contributed by atoms with Crippen molar-refractivity contribution < 1.29 is 4.79 Å². The molecule has 0 aliphatic carbocycles. The van der Waals surface area contributed by atoms with Gasteiger partial charge in [0.05, 0.1) is 6.04 Å². The maximum atomic E-state index is 12.1. The van der Waals surface area contributed by atoms with Crippen molar-refractivity contribution in [2.24, 2.45) is 5.73 Å². The standard InChI is InChI=1S/C13H18N2O/c14-12-9-5-2-6-10-15(13(12)16)11-7-3-1-4-8-11/h1,3-4,7-8,12H,2,5-6,9-10,14H2/t12-/m0/s1. The number of carbonyl (C=O) groups is 1. The van der Waals surface area contributed by atoms with Gasteiger partial charge in [-0.3, -0.25) is 4.79 Å². The minimum Gasteiger partial charge on any atom is -0.320 e. The second kappa shape index (κ2) is 5.12. The summed E-state index contributed by atoms with van der Waals surface area (Å²) >= 11 is 0. The lowest BCUT2D eigenvalue weighted by molar-refractivity contribution is -0.120. The summed E-state index contributed by atoms with van der Waals surface area (Å²) in [6.07, 6.45) is 4.09. The highest BCUT2D eigenvalue weighted by Gasteiger charge is 2.23. The van der Waals surface area contributed by atoms with E-state index in [2.05, 4.69) is 0 Å². The molecule has 86 valence electrons. The molecule has 1 atom stereocenters. The molecule has 0 radical (unpaired) electrons. The van der Waals surface area contributed by atoms with Gasteiger partial charge in [0.25, 0.3) is 0 Å². The Labute approximate surface area is 96.2 Å². The topological polar surface area (TPSA) is 46.3 Å². The van der Waals surface area contributed by atoms with E-state index in [1.54, 1.807) is 0 Å². The molecule has 3 heteroatoms. The third-order valence-electron chi connectivity index (χ3n) is 3.05. The number of amides is 1. The van der Waals surface area contributed by atoms with Crippen LogP contribution in [0.3, 0.4) is 0 Å². The predicted molar refractivity (Wildman–Crippen MR) is 65.2 cm³/mol. The molecular formula is C13H18N2O. The largest absolute Gasteiger partial charge is 0.320 e. The van der Waals surface area contributed by atoms with Crippen LogP contribution in [0.5, 0.6) is 0 Å². The molecule has 1 fully saturated rings. The van der Waals surface area contributed by atoms with Crippen molar-refractivity contribution in [2.75, 3.05) is 11.4 Å². The van der Waals surface area contributed by atoms with Crippen LogP contribution in [-0.2, 0) is 4.79 Å². The van der Waals surface area contributed by atoms with Gasteiger partial charge in [-0.25, -0.2) is 0 Å². The van der Waals surface area contributed by atoms with Crippen LogP contribution in [0.1, 0.15) is 25.7 Å². The smallest absolute Gasteiger partial charge is 0.243 e. The Hall–Kier alpha value is -1.35. The monoisotopic (exact) mass is 218 g/mol. The van der Waals surface area contributed by atoms with Crippen LogP contribution < -0.4 is 10.6 Å². The minimum absolute atomic E-state index is 0.0610. The van der Waals surface area contributed by atoms with Gasteiger partial charge < -0.3 is 10.6 Å². The zero-order valence-corrected chi connectivity index (χ0v) is 9.43. The highest BCUT2D eigenvalue weighted by atomic mass is 16.2. The van der Waals surface area contributed by atoms with E-state index in [0.29, 0.717) is 0 Å². The van der Waals surface area contributed by atoms with E-state index in [4.69, 9.17) is 5.73 Å². The second-order valence-corrected chi connectivity index (χ2v) is 4.28. The maximum absolute atomic E-state index is 12.1. The summed E-state index contributed by atoms with van der Waals surface area (Å²) in [5.74, 6) is 0.0610. The Balaban J connectivity index is 2.20. The Morgan fingerprint density at radius 1 is 1.12 bits per heavy atom. The van der Waals surface area contributed by atoms with Crippen LogP contribution in [0.25, 0.3) is 0 Å². The number of nitrogens with two attached hydrogens (primary N) is 1. The predicted octanol–water partition coefficient (Wildman–Crippen LogP) is 1.92. The lowest BCUT2D eigenvalue weighted by Gasteiger charge is -2.28. The summed E-state index contributed by atoms with van der Waals surface area (Å²) in [5, 5.41) is 0. The fraction of sp³-hybridized carbons (Fsp3) is 0.462. The molecule has 0 spiro atoms. The van der Waals surface area contributed by atoms with Gasteiger partial charge >= 0.3 is 0 Å². The van der Waals surface area contributed by atoms with Crippen LogP contribution in [0.15, 0.2) is 30.3 Å². The zero-order chi connectivity index (χ0) is 11.4. The maximum Gasteiger partial charge on any atom is 0.243 e. The fourth-order valence-electron chi connectivity index (χ4n) is 2.11. The first-order valence-corrected chi connectivity index (χ1v) is 5.91. The average molecular weight is 218 g/mol. The van der Waals surface area contributed by atoms with Crippen molar-refractivity contribution in [3.8, 4) is 0 Å². The lowest BCUT2D eigenvalue weighted by Crippen LogP contribution is -2.45. The quantitative estimate of drug-likeness (QED) is 0.782. The fourth-order valence-corrected chi connectivity index (χ4v) is 2.11. The van der Waals surface area contributed by atoms with E-state index in [1.165, 1.54) is 0 Å². The molecule has 0 saturated carbocycles. The van der Waals surface area contributed by atoms with Crippen LogP contribution in [0.4, 0.5) is 5.69 Å². The summed E-state index contributed by atoms with van der Waals surface area (Å²) in [5.41, 5.74) is 6.85. The van der Waals surface area contributed by atoms with Gasteiger partial charge in [0.2, 0.25) is 5.91 Å². The van der Waals surface area contributed by atoms with Crippen molar-refractivity contribution in [3.63, 3.8) is 0 Å². The van der Waals surface area contributed by atoms with Crippen molar-refractivity contribution >= 4 is 11.6 Å². The molecule has 0 aromatic heterocycles. The second-order valence-electron chi connectivity index (χ2n) is 4.28. The van der Waals surface area contributed by atoms with E-state index in [1.807, 2.05) is 35.2 Å². The Morgan fingerprint density at radius 3 is 2.62 bits per heavy atom.